The van der Waals surface area contributed by atoms with E-state index in [0.29, 0.717) is 19.4 Å². The van der Waals surface area contributed by atoms with Gasteiger partial charge in [0.15, 0.2) is 0 Å². The zero-order chi connectivity index (χ0) is 23.9. The molecule has 4 nitrogen and oxygen atoms in total. The first-order valence-electron chi connectivity index (χ1n) is 13.9. The lowest BCUT2D eigenvalue weighted by molar-refractivity contribution is -0.183. The highest BCUT2D eigenvalue weighted by atomic mass is 16.6. The average Bonchev–Trinajstić information content (AvgIpc) is 2.77. The monoisotopic (exact) mass is 454 g/mol. The summed E-state index contributed by atoms with van der Waals surface area (Å²) in [5.41, 5.74) is -1.10. The number of ether oxygens (including phenoxy) is 2. The van der Waals surface area contributed by atoms with Gasteiger partial charge in [-0.1, -0.05) is 124 Å². The lowest BCUT2D eigenvalue weighted by Crippen LogP contribution is -2.44. The van der Waals surface area contributed by atoms with Gasteiger partial charge in [0.1, 0.15) is 0 Å². The standard InChI is InChI=1S/C28H54O4/c1-5-8-10-12-13-14-15-16-17-18-19-20-21-22-24-28(7-3,32-26(4)29)27(30)31-25-23-11-9-6-2/h5-25H2,1-4H3. The van der Waals surface area contributed by atoms with Crippen LogP contribution in [0.4, 0.5) is 0 Å². The van der Waals surface area contributed by atoms with Crippen molar-refractivity contribution in [3.8, 4) is 0 Å². The van der Waals surface area contributed by atoms with Crippen molar-refractivity contribution >= 4 is 11.9 Å². The second kappa shape index (κ2) is 21.8. The first kappa shape index (κ1) is 30.9. The minimum absolute atomic E-state index is 0.360. The van der Waals surface area contributed by atoms with E-state index in [1.165, 1.54) is 84.0 Å². The summed E-state index contributed by atoms with van der Waals surface area (Å²) in [5, 5.41) is 0. The van der Waals surface area contributed by atoms with Crippen LogP contribution in [0.25, 0.3) is 0 Å². The number of rotatable bonds is 23. The predicted molar refractivity (Wildman–Crippen MR) is 135 cm³/mol. The molecule has 1 atom stereocenters. The molecule has 0 radical (unpaired) electrons. The Kier molecular flexibility index (Phi) is 21.0. The van der Waals surface area contributed by atoms with Crippen LogP contribution in [0.2, 0.25) is 0 Å². The zero-order valence-electron chi connectivity index (χ0n) is 22.0. The van der Waals surface area contributed by atoms with Crippen LogP contribution >= 0.6 is 0 Å². The Balaban J connectivity index is 3.99. The summed E-state index contributed by atoms with van der Waals surface area (Å²) in [6.45, 7) is 8.13. The summed E-state index contributed by atoms with van der Waals surface area (Å²) in [6.07, 6.45) is 23.4. The molecule has 4 heteroatoms. The molecule has 32 heavy (non-hydrogen) atoms. The highest BCUT2D eigenvalue weighted by molar-refractivity contribution is 5.82. The molecule has 0 heterocycles. The van der Waals surface area contributed by atoms with Crippen molar-refractivity contribution in [1.29, 1.82) is 0 Å². The average molecular weight is 455 g/mol. The third-order valence-electron chi connectivity index (χ3n) is 6.45. The topological polar surface area (TPSA) is 52.6 Å². The van der Waals surface area contributed by atoms with E-state index >= 15 is 0 Å². The van der Waals surface area contributed by atoms with Gasteiger partial charge in [0.05, 0.1) is 6.61 Å². The Morgan fingerprint density at radius 1 is 0.594 bits per heavy atom. The van der Waals surface area contributed by atoms with E-state index in [2.05, 4.69) is 13.8 Å². The molecule has 0 aliphatic carbocycles. The van der Waals surface area contributed by atoms with E-state index in [9.17, 15) is 9.59 Å². The fourth-order valence-corrected chi connectivity index (χ4v) is 4.29. The molecule has 0 rings (SSSR count). The van der Waals surface area contributed by atoms with Crippen molar-refractivity contribution in [2.24, 2.45) is 0 Å². The first-order valence-corrected chi connectivity index (χ1v) is 13.9. The second-order valence-electron chi connectivity index (χ2n) is 9.48. The molecule has 0 fully saturated rings. The van der Waals surface area contributed by atoms with Crippen LogP contribution in [0.1, 0.15) is 156 Å². The zero-order valence-corrected chi connectivity index (χ0v) is 22.0. The van der Waals surface area contributed by atoms with Gasteiger partial charge in [-0.3, -0.25) is 4.79 Å². The molecular formula is C28H54O4. The van der Waals surface area contributed by atoms with Gasteiger partial charge in [-0.2, -0.15) is 0 Å². The molecule has 1 unspecified atom stereocenters. The summed E-state index contributed by atoms with van der Waals surface area (Å²) in [4.78, 5) is 24.4. The molecule has 0 aromatic carbocycles. The molecule has 0 aromatic rings. The predicted octanol–water partition coefficient (Wildman–Crippen LogP) is 8.69. The third-order valence-corrected chi connectivity index (χ3v) is 6.45. The minimum atomic E-state index is -1.10. The molecule has 0 bridgehead atoms. The van der Waals surface area contributed by atoms with E-state index in [1.807, 2.05) is 6.92 Å². The van der Waals surface area contributed by atoms with Crippen LogP contribution in [0, 0.1) is 0 Å². The van der Waals surface area contributed by atoms with Crippen molar-refractivity contribution in [2.45, 2.75) is 162 Å². The van der Waals surface area contributed by atoms with E-state index < -0.39 is 11.6 Å². The Morgan fingerprint density at radius 3 is 1.41 bits per heavy atom. The van der Waals surface area contributed by atoms with Crippen molar-refractivity contribution in [1.82, 2.24) is 0 Å². The van der Waals surface area contributed by atoms with Gasteiger partial charge in [-0.15, -0.1) is 0 Å². The normalized spacial score (nSPS) is 13.0. The van der Waals surface area contributed by atoms with Crippen LogP contribution in [-0.4, -0.2) is 24.1 Å². The maximum Gasteiger partial charge on any atom is 0.350 e. The summed E-state index contributed by atoms with van der Waals surface area (Å²) in [7, 11) is 0. The molecule has 0 aromatic heterocycles. The van der Waals surface area contributed by atoms with Gasteiger partial charge in [-0.05, 0) is 25.7 Å². The second-order valence-corrected chi connectivity index (χ2v) is 9.48. The maximum atomic E-state index is 12.7. The molecule has 0 N–H and O–H groups in total. The van der Waals surface area contributed by atoms with Gasteiger partial charge < -0.3 is 9.47 Å². The molecule has 0 aliphatic heterocycles. The Hall–Kier alpha value is -1.06. The van der Waals surface area contributed by atoms with E-state index in [4.69, 9.17) is 9.47 Å². The fourth-order valence-electron chi connectivity index (χ4n) is 4.29. The third kappa shape index (κ3) is 16.6. The minimum Gasteiger partial charge on any atom is -0.463 e. The van der Waals surface area contributed by atoms with Crippen LogP contribution in [0.15, 0.2) is 0 Å². The van der Waals surface area contributed by atoms with Crippen molar-refractivity contribution in [2.75, 3.05) is 6.61 Å². The number of hydrogen-bond acceptors (Lipinski definition) is 4. The SMILES string of the molecule is CCCCCCCCCCCCCCCCC(CC)(OC(C)=O)C(=O)OCCCCCC. The number of hydrogen-bond donors (Lipinski definition) is 0. The Bertz CT molecular complexity index is 449. The summed E-state index contributed by atoms with van der Waals surface area (Å²) in [5.74, 6) is -0.762. The van der Waals surface area contributed by atoms with Gasteiger partial charge >= 0.3 is 11.9 Å². The molecule has 0 spiro atoms. The lowest BCUT2D eigenvalue weighted by Gasteiger charge is -2.30. The highest BCUT2D eigenvalue weighted by Crippen LogP contribution is 2.27. The summed E-state index contributed by atoms with van der Waals surface area (Å²) >= 11 is 0. The largest absolute Gasteiger partial charge is 0.463 e. The lowest BCUT2D eigenvalue weighted by atomic mass is 9.92. The van der Waals surface area contributed by atoms with Gasteiger partial charge in [0.2, 0.25) is 5.60 Å². The number of carbonyl (C=O) groups excluding carboxylic acids is 2. The molecule has 190 valence electrons. The van der Waals surface area contributed by atoms with Crippen LogP contribution in [0.5, 0.6) is 0 Å². The number of carbonyl (C=O) groups is 2. The van der Waals surface area contributed by atoms with Gasteiger partial charge in [0.25, 0.3) is 0 Å². The first-order chi connectivity index (χ1) is 15.5. The van der Waals surface area contributed by atoms with E-state index in [0.717, 1.165) is 38.5 Å². The van der Waals surface area contributed by atoms with Crippen molar-refractivity contribution in [3.05, 3.63) is 0 Å². The Morgan fingerprint density at radius 2 is 1.00 bits per heavy atom. The quantitative estimate of drug-likeness (QED) is 0.114. The highest BCUT2D eigenvalue weighted by Gasteiger charge is 2.41. The van der Waals surface area contributed by atoms with Crippen LogP contribution < -0.4 is 0 Å². The number of esters is 2. The number of unbranched alkanes of at least 4 members (excludes halogenated alkanes) is 16. The van der Waals surface area contributed by atoms with E-state index in [1.54, 1.807) is 0 Å². The summed E-state index contributed by atoms with van der Waals surface area (Å²) in [6, 6.07) is 0. The van der Waals surface area contributed by atoms with E-state index in [-0.39, 0.29) is 5.97 Å². The Labute approximate surface area is 199 Å². The fraction of sp³-hybridized carbons (Fsp3) is 0.929. The van der Waals surface area contributed by atoms with Crippen molar-refractivity contribution < 1.29 is 19.1 Å². The molecule has 0 amide bonds. The van der Waals surface area contributed by atoms with Gasteiger partial charge in [-0.25, -0.2) is 4.79 Å². The molecule has 0 aliphatic rings. The van der Waals surface area contributed by atoms with Crippen LogP contribution in [-0.2, 0) is 19.1 Å². The maximum absolute atomic E-state index is 12.7. The molecule has 0 saturated carbocycles. The van der Waals surface area contributed by atoms with Crippen molar-refractivity contribution in [3.63, 3.8) is 0 Å². The molecular weight excluding hydrogens is 400 g/mol. The summed E-state index contributed by atoms with van der Waals surface area (Å²) < 4.78 is 11.0. The van der Waals surface area contributed by atoms with Gasteiger partial charge in [0, 0.05) is 6.92 Å². The molecule has 0 saturated heterocycles. The smallest absolute Gasteiger partial charge is 0.350 e. The van der Waals surface area contributed by atoms with Crippen LogP contribution in [0.3, 0.4) is 0 Å².